The van der Waals surface area contributed by atoms with Gasteiger partial charge in [-0.15, -0.1) is 0 Å². The SMILES string of the molecule is Cc1cc(Br)ccc1NC(=O)CN(C)C(=O)c1ccc(NC(=O)C2CC2)cc1. The summed E-state index contributed by atoms with van der Waals surface area (Å²) in [6.45, 7) is 1.84. The van der Waals surface area contributed by atoms with E-state index < -0.39 is 0 Å². The summed E-state index contributed by atoms with van der Waals surface area (Å²) in [7, 11) is 1.58. The number of halogens is 1. The first kappa shape index (κ1) is 20.1. The van der Waals surface area contributed by atoms with Crippen molar-refractivity contribution in [1.82, 2.24) is 4.90 Å². The Hall–Kier alpha value is -2.67. The molecule has 0 atom stereocenters. The van der Waals surface area contributed by atoms with Gasteiger partial charge in [-0.2, -0.15) is 0 Å². The van der Waals surface area contributed by atoms with Gasteiger partial charge in [0.1, 0.15) is 0 Å². The summed E-state index contributed by atoms with van der Waals surface area (Å²) in [6, 6.07) is 12.3. The first-order chi connectivity index (χ1) is 13.3. The van der Waals surface area contributed by atoms with Gasteiger partial charge in [-0.05, 0) is 67.8 Å². The smallest absolute Gasteiger partial charge is 0.254 e. The van der Waals surface area contributed by atoms with E-state index in [9.17, 15) is 14.4 Å². The van der Waals surface area contributed by atoms with E-state index in [1.807, 2.05) is 25.1 Å². The molecule has 2 N–H and O–H groups in total. The number of aryl methyl sites for hydroxylation is 1. The molecule has 0 saturated heterocycles. The highest BCUT2D eigenvalue weighted by atomic mass is 79.9. The van der Waals surface area contributed by atoms with Crippen LogP contribution in [0, 0.1) is 12.8 Å². The van der Waals surface area contributed by atoms with Crippen molar-refractivity contribution in [3.05, 3.63) is 58.1 Å². The van der Waals surface area contributed by atoms with E-state index in [2.05, 4.69) is 26.6 Å². The lowest BCUT2D eigenvalue weighted by Crippen LogP contribution is -2.35. The number of benzene rings is 2. The Bertz CT molecular complexity index is 908. The van der Waals surface area contributed by atoms with Crippen molar-refractivity contribution in [3.8, 4) is 0 Å². The van der Waals surface area contributed by atoms with Gasteiger partial charge in [0.2, 0.25) is 11.8 Å². The number of likely N-dealkylation sites (N-methyl/N-ethyl adjacent to an activating group) is 1. The van der Waals surface area contributed by atoms with Gasteiger partial charge in [-0.25, -0.2) is 0 Å². The zero-order chi connectivity index (χ0) is 20.3. The Labute approximate surface area is 172 Å². The van der Waals surface area contributed by atoms with Gasteiger partial charge in [0.25, 0.3) is 5.91 Å². The molecule has 1 fully saturated rings. The minimum absolute atomic E-state index is 0.0242. The van der Waals surface area contributed by atoms with Gasteiger partial charge in [-0.1, -0.05) is 15.9 Å². The predicted molar refractivity (Wildman–Crippen MR) is 112 cm³/mol. The van der Waals surface area contributed by atoms with Crippen molar-refractivity contribution < 1.29 is 14.4 Å². The van der Waals surface area contributed by atoms with Crippen LogP contribution in [0.2, 0.25) is 0 Å². The highest BCUT2D eigenvalue weighted by Gasteiger charge is 2.29. The number of amides is 3. The third kappa shape index (κ3) is 5.19. The molecule has 0 spiro atoms. The third-order valence-corrected chi connectivity index (χ3v) is 5.03. The van der Waals surface area contributed by atoms with Crippen molar-refractivity contribution in [2.45, 2.75) is 19.8 Å². The molecule has 0 aromatic heterocycles. The van der Waals surface area contributed by atoms with Crippen LogP contribution in [-0.2, 0) is 9.59 Å². The first-order valence-corrected chi connectivity index (χ1v) is 9.85. The first-order valence-electron chi connectivity index (χ1n) is 9.06. The second-order valence-corrected chi connectivity index (χ2v) is 7.93. The average Bonchev–Trinajstić information content (AvgIpc) is 3.49. The van der Waals surface area contributed by atoms with Crippen LogP contribution in [0.15, 0.2) is 46.9 Å². The molecule has 3 amide bonds. The molecule has 1 aliphatic rings. The van der Waals surface area contributed by atoms with Gasteiger partial charge in [0.05, 0.1) is 6.54 Å². The summed E-state index contributed by atoms with van der Waals surface area (Å²) in [6.07, 6.45) is 1.88. The van der Waals surface area contributed by atoms with Crippen LogP contribution in [0.3, 0.4) is 0 Å². The summed E-state index contributed by atoms with van der Waals surface area (Å²) in [5, 5.41) is 5.66. The van der Waals surface area contributed by atoms with Gasteiger partial charge >= 0.3 is 0 Å². The minimum atomic E-state index is -0.269. The van der Waals surface area contributed by atoms with E-state index in [0.717, 1.165) is 22.9 Å². The number of carbonyl (C=O) groups is 3. The van der Waals surface area contributed by atoms with Gasteiger partial charge in [0.15, 0.2) is 0 Å². The van der Waals surface area contributed by atoms with Crippen molar-refractivity contribution in [3.63, 3.8) is 0 Å². The maximum Gasteiger partial charge on any atom is 0.254 e. The summed E-state index contributed by atoms with van der Waals surface area (Å²) in [4.78, 5) is 38.0. The normalized spacial score (nSPS) is 13.0. The summed E-state index contributed by atoms with van der Waals surface area (Å²) < 4.78 is 0.937. The van der Waals surface area contributed by atoms with E-state index in [0.29, 0.717) is 16.9 Å². The van der Waals surface area contributed by atoms with Crippen LogP contribution in [0.1, 0.15) is 28.8 Å². The van der Waals surface area contributed by atoms with Crippen molar-refractivity contribution in [1.29, 1.82) is 0 Å². The maximum atomic E-state index is 12.5. The van der Waals surface area contributed by atoms with Crippen LogP contribution >= 0.6 is 15.9 Å². The summed E-state index contributed by atoms with van der Waals surface area (Å²) >= 11 is 3.39. The molecule has 28 heavy (non-hydrogen) atoms. The largest absolute Gasteiger partial charge is 0.332 e. The van der Waals surface area contributed by atoms with Gasteiger partial charge in [-0.3, -0.25) is 14.4 Å². The molecule has 2 aromatic rings. The van der Waals surface area contributed by atoms with Crippen molar-refractivity contribution >= 4 is 45.0 Å². The van der Waals surface area contributed by atoms with Gasteiger partial charge < -0.3 is 15.5 Å². The highest BCUT2D eigenvalue weighted by Crippen LogP contribution is 2.30. The molecule has 7 heteroatoms. The lowest BCUT2D eigenvalue weighted by molar-refractivity contribution is -0.117. The summed E-state index contributed by atoms with van der Waals surface area (Å²) in [5.41, 5.74) is 2.77. The number of anilines is 2. The molecule has 6 nitrogen and oxygen atoms in total. The van der Waals surface area contributed by atoms with E-state index in [4.69, 9.17) is 0 Å². The van der Waals surface area contributed by atoms with Crippen LogP contribution in [-0.4, -0.2) is 36.2 Å². The topological polar surface area (TPSA) is 78.5 Å². The van der Waals surface area contributed by atoms with E-state index in [1.165, 1.54) is 4.90 Å². The quantitative estimate of drug-likeness (QED) is 0.711. The predicted octanol–water partition coefficient (Wildman–Crippen LogP) is 3.82. The molecule has 2 aromatic carbocycles. The Morgan fingerprint density at radius 1 is 1.07 bits per heavy atom. The number of nitrogens with zero attached hydrogens (tertiary/aromatic N) is 1. The number of nitrogens with one attached hydrogen (secondary N) is 2. The Balaban J connectivity index is 1.55. The number of carbonyl (C=O) groups excluding carboxylic acids is 3. The standard InChI is InChI=1S/C21H22BrN3O3/c1-13-11-16(22)7-10-18(13)24-19(26)12-25(2)21(28)15-5-8-17(9-6-15)23-20(27)14-3-4-14/h5-11,14H,3-4,12H2,1-2H3,(H,23,27)(H,24,26). The molecule has 0 unspecified atom stereocenters. The molecular weight excluding hydrogens is 422 g/mol. The van der Waals surface area contributed by atoms with E-state index >= 15 is 0 Å². The lowest BCUT2D eigenvalue weighted by atomic mass is 10.1. The fraction of sp³-hybridized carbons (Fsp3) is 0.286. The van der Waals surface area contributed by atoms with Crippen molar-refractivity contribution in [2.24, 2.45) is 5.92 Å². The Morgan fingerprint density at radius 3 is 2.36 bits per heavy atom. The molecular formula is C21H22BrN3O3. The molecule has 1 saturated carbocycles. The average molecular weight is 444 g/mol. The molecule has 0 radical (unpaired) electrons. The minimum Gasteiger partial charge on any atom is -0.332 e. The molecule has 0 bridgehead atoms. The number of hydrogen-bond acceptors (Lipinski definition) is 3. The monoisotopic (exact) mass is 443 g/mol. The van der Waals surface area contributed by atoms with Gasteiger partial charge in [0, 0.05) is 34.4 Å². The Morgan fingerprint density at radius 2 is 1.75 bits per heavy atom. The second kappa shape index (κ2) is 8.56. The van der Waals surface area contributed by atoms with Crippen LogP contribution in [0.25, 0.3) is 0 Å². The molecule has 0 heterocycles. The number of hydrogen-bond donors (Lipinski definition) is 2. The number of rotatable bonds is 6. The fourth-order valence-corrected chi connectivity index (χ4v) is 3.23. The second-order valence-electron chi connectivity index (χ2n) is 7.01. The van der Waals surface area contributed by atoms with Crippen LogP contribution < -0.4 is 10.6 Å². The van der Waals surface area contributed by atoms with Crippen LogP contribution in [0.4, 0.5) is 11.4 Å². The molecule has 146 valence electrons. The van der Waals surface area contributed by atoms with Crippen LogP contribution in [0.5, 0.6) is 0 Å². The molecule has 0 aliphatic heterocycles. The van der Waals surface area contributed by atoms with E-state index in [-0.39, 0.29) is 30.2 Å². The lowest BCUT2D eigenvalue weighted by Gasteiger charge is -2.18. The zero-order valence-electron chi connectivity index (χ0n) is 15.8. The maximum absolute atomic E-state index is 12.5. The van der Waals surface area contributed by atoms with E-state index in [1.54, 1.807) is 31.3 Å². The molecule has 1 aliphatic carbocycles. The Kier molecular flexibility index (Phi) is 6.14. The molecule has 3 rings (SSSR count). The summed E-state index contributed by atoms with van der Waals surface area (Å²) in [5.74, 6) is -0.381. The van der Waals surface area contributed by atoms with Crippen molar-refractivity contribution in [2.75, 3.05) is 24.2 Å². The fourth-order valence-electron chi connectivity index (χ4n) is 2.75. The highest BCUT2D eigenvalue weighted by molar-refractivity contribution is 9.10. The third-order valence-electron chi connectivity index (χ3n) is 4.54. The zero-order valence-corrected chi connectivity index (χ0v) is 17.4.